The minimum Gasteiger partial charge on any atom is -0.319 e. The van der Waals surface area contributed by atoms with Gasteiger partial charge in [0, 0.05) is 28.6 Å². The highest BCUT2D eigenvalue weighted by molar-refractivity contribution is 7.11. The summed E-state index contributed by atoms with van der Waals surface area (Å²) in [7, 11) is 1.99. The normalized spacial score (nSPS) is 12.6. The fraction of sp³-hybridized carbons (Fsp3) is 0.357. The molecule has 2 nitrogen and oxygen atoms in total. The molecular weight excluding hydrogens is 264 g/mol. The monoisotopic (exact) mass is 280 g/mol. The molecule has 96 valence electrons. The van der Waals surface area contributed by atoms with Gasteiger partial charge in [-0.3, -0.25) is 0 Å². The second kappa shape index (κ2) is 6.32. The van der Waals surface area contributed by atoms with Crippen molar-refractivity contribution in [1.29, 1.82) is 0 Å². The van der Waals surface area contributed by atoms with Crippen molar-refractivity contribution in [2.24, 2.45) is 0 Å². The van der Waals surface area contributed by atoms with E-state index in [2.05, 4.69) is 22.4 Å². The molecule has 0 saturated carbocycles. The summed E-state index contributed by atoms with van der Waals surface area (Å²) in [6.45, 7) is 3.00. The lowest BCUT2D eigenvalue weighted by Crippen LogP contribution is -2.18. The molecule has 0 saturated heterocycles. The number of nitrogens with one attached hydrogen (secondary N) is 1. The van der Waals surface area contributed by atoms with Gasteiger partial charge in [-0.05, 0) is 38.1 Å². The summed E-state index contributed by atoms with van der Waals surface area (Å²) in [4.78, 5) is 5.65. The van der Waals surface area contributed by atoms with Crippen molar-refractivity contribution in [2.45, 2.75) is 19.3 Å². The number of aromatic nitrogens is 1. The van der Waals surface area contributed by atoms with Gasteiger partial charge in [0.2, 0.25) is 0 Å². The highest BCUT2D eigenvalue weighted by Gasteiger charge is 2.13. The van der Waals surface area contributed by atoms with Crippen LogP contribution in [0.4, 0.5) is 0 Å². The Bertz CT molecular complexity index is 493. The quantitative estimate of drug-likeness (QED) is 0.904. The SMILES string of the molecule is CNCC(Cc1cnc(C)s1)c1ccc(Cl)cc1. The van der Waals surface area contributed by atoms with Crippen LogP contribution >= 0.6 is 22.9 Å². The number of nitrogens with zero attached hydrogens (tertiary/aromatic N) is 1. The molecule has 1 aromatic heterocycles. The molecule has 1 unspecified atom stereocenters. The molecule has 0 aliphatic carbocycles. The predicted molar refractivity (Wildman–Crippen MR) is 78.7 cm³/mol. The maximum atomic E-state index is 5.93. The van der Waals surface area contributed by atoms with Crippen LogP contribution in [0.3, 0.4) is 0 Å². The van der Waals surface area contributed by atoms with E-state index < -0.39 is 0 Å². The van der Waals surface area contributed by atoms with Crippen LogP contribution in [0.5, 0.6) is 0 Å². The summed E-state index contributed by atoms with van der Waals surface area (Å²) in [5.41, 5.74) is 1.32. The molecule has 1 aromatic carbocycles. The number of halogens is 1. The molecule has 0 aliphatic rings. The molecule has 2 rings (SSSR count). The summed E-state index contributed by atoms with van der Waals surface area (Å²) in [6, 6.07) is 8.13. The number of hydrogen-bond acceptors (Lipinski definition) is 3. The number of benzene rings is 1. The number of rotatable bonds is 5. The standard InChI is InChI=1S/C14H17ClN2S/c1-10-17-9-14(18-10)7-12(8-16-2)11-3-5-13(15)6-4-11/h3-6,9,12,16H,7-8H2,1-2H3. The zero-order chi connectivity index (χ0) is 13.0. The Morgan fingerprint density at radius 1 is 1.33 bits per heavy atom. The van der Waals surface area contributed by atoms with Crippen molar-refractivity contribution >= 4 is 22.9 Å². The van der Waals surface area contributed by atoms with Crippen LogP contribution < -0.4 is 5.32 Å². The largest absolute Gasteiger partial charge is 0.319 e. The average Bonchev–Trinajstić information content (AvgIpc) is 2.75. The van der Waals surface area contributed by atoms with Crippen molar-refractivity contribution in [3.8, 4) is 0 Å². The van der Waals surface area contributed by atoms with Crippen LogP contribution in [0, 0.1) is 6.92 Å². The van der Waals surface area contributed by atoms with Crippen LogP contribution in [0.2, 0.25) is 5.02 Å². The first kappa shape index (κ1) is 13.5. The summed E-state index contributed by atoms with van der Waals surface area (Å²) in [5, 5.41) is 5.18. The minimum atomic E-state index is 0.465. The predicted octanol–water partition coefficient (Wildman–Crippen LogP) is 3.65. The van der Waals surface area contributed by atoms with Crippen LogP contribution in [0.15, 0.2) is 30.5 Å². The van der Waals surface area contributed by atoms with Crippen LogP contribution in [0.1, 0.15) is 21.4 Å². The van der Waals surface area contributed by atoms with Crippen molar-refractivity contribution in [1.82, 2.24) is 10.3 Å². The van der Waals surface area contributed by atoms with E-state index in [9.17, 15) is 0 Å². The van der Waals surface area contributed by atoms with Gasteiger partial charge < -0.3 is 5.32 Å². The first-order valence-corrected chi connectivity index (χ1v) is 7.20. The van der Waals surface area contributed by atoms with Gasteiger partial charge in [0.05, 0.1) is 5.01 Å². The third-order valence-corrected chi connectivity index (χ3v) is 4.10. The third kappa shape index (κ3) is 3.55. The topological polar surface area (TPSA) is 24.9 Å². The van der Waals surface area contributed by atoms with E-state index in [1.54, 1.807) is 11.3 Å². The van der Waals surface area contributed by atoms with Crippen molar-refractivity contribution in [2.75, 3.05) is 13.6 Å². The van der Waals surface area contributed by atoms with Crippen molar-refractivity contribution in [3.05, 3.63) is 50.9 Å². The number of thiazole rings is 1. The van der Waals surface area contributed by atoms with Gasteiger partial charge in [0.25, 0.3) is 0 Å². The summed E-state index contributed by atoms with van der Waals surface area (Å²) in [6.07, 6.45) is 3.01. The molecule has 2 aromatic rings. The Hall–Kier alpha value is -0.900. The molecule has 0 radical (unpaired) electrons. The Morgan fingerprint density at radius 2 is 2.06 bits per heavy atom. The van der Waals surface area contributed by atoms with Gasteiger partial charge >= 0.3 is 0 Å². The van der Waals surface area contributed by atoms with E-state index in [1.807, 2.05) is 32.3 Å². The summed E-state index contributed by atoms with van der Waals surface area (Å²) >= 11 is 7.71. The minimum absolute atomic E-state index is 0.465. The van der Waals surface area contributed by atoms with Crippen molar-refractivity contribution < 1.29 is 0 Å². The molecule has 0 spiro atoms. The van der Waals surface area contributed by atoms with Crippen LogP contribution in [0.25, 0.3) is 0 Å². The molecule has 1 atom stereocenters. The first-order chi connectivity index (χ1) is 8.69. The fourth-order valence-electron chi connectivity index (χ4n) is 2.03. The van der Waals surface area contributed by atoms with Gasteiger partial charge in [-0.25, -0.2) is 4.98 Å². The van der Waals surface area contributed by atoms with E-state index in [0.717, 1.165) is 23.0 Å². The van der Waals surface area contributed by atoms with Gasteiger partial charge in [-0.2, -0.15) is 0 Å². The van der Waals surface area contributed by atoms with Gasteiger partial charge in [-0.1, -0.05) is 23.7 Å². The molecular formula is C14H17ClN2S. The Labute approximate surface area is 117 Å². The lowest BCUT2D eigenvalue weighted by atomic mass is 9.95. The van der Waals surface area contributed by atoms with E-state index in [0.29, 0.717) is 5.92 Å². The number of likely N-dealkylation sites (N-methyl/N-ethyl adjacent to an activating group) is 1. The van der Waals surface area contributed by atoms with Crippen molar-refractivity contribution in [3.63, 3.8) is 0 Å². The highest BCUT2D eigenvalue weighted by atomic mass is 35.5. The maximum Gasteiger partial charge on any atom is 0.0896 e. The van der Waals surface area contributed by atoms with E-state index >= 15 is 0 Å². The first-order valence-electron chi connectivity index (χ1n) is 6.00. The van der Waals surface area contributed by atoms with Crippen LogP contribution in [-0.2, 0) is 6.42 Å². The molecule has 0 fully saturated rings. The molecule has 18 heavy (non-hydrogen) atoms. The molecule has 4 heteroatoms. The molecule has 0 amide bonds. The molecule has 1 N–H and O–H groups in total. The fourth-order valence-corrected chi connectivity index (χ4v) is 3.03. The Kier molecular flexibility index (Phi) is 4.75. The third-order valence-electron chi connectivity index (χ3n) is 2.91. The summed E-state index contributed by atoms with van der Waals surface area (Å²) < 4.78 is 0. The molecule has 0 bridgehead atoms. The second-order valence-corrected chi connectivity index (χ2v) is 6.11. The Balaban J connectivity index is 2.14. The van der Waals surface area contributed by atoms with Gasteiger partial charge in [-0.15, -0.1) is 11.3 Å². The number of hydrogen-bond donors (Lipinski definition) is 1. The van der Waals surface area contributed by atoms with E-state index in [4.69, 9.17) is 11.6 Å². The smallest absolute Gasteiger partial charge is 0.0896 e. The Morgan fingerprint density at radius 3 is 2.61 bits per heavy atom. The van der Waals surface area contributed by atoms with E-state index in [-0.39, 0.29) is 0 Å². The molecule has 0 aliphatic heterocycles. The maximum absolute atomic E-state index is 5.93. The zero-order valence-corrected chi connectivity index (χ0v) is 12.2. The lowest BCUT2D eigenvalue weighted by molar-refractivity contribution is 0.629. The second-order valence-electron chi connectivity index (χ2n) is 4.36. The molecule has 1 heterocycles. The number of aryl methyl sites for hydroxylation is 1. The lowest BCUT2D eigenvalue weighted by Gasteiger charge is -2.16. The van der Waals surface area contributed by atoms with Gasteiger partial charge in [0.15, 0.2) is 0 Å². The highest BCUT2D eigenvalue weighted by Crippen LogP contribution is 2.24. The zero-order valence-electron chi connectivity index (χ0n) is 10.6. The van der Waals surface area contributed by atoms with Gasteiger partial charge in [0.1, 0.15) is 0 Å². The van der Waals surface area contributed by atoms with E-state index in [1.165, 1.54) is 10.4 Å². The van der Waals surface area contributed by atoms with Crippen LogP contribution in [-0.4, -0.2) is 18.6 Å². The average molecular weight is 281 g/mol. The summed E-state index contributed by atoms with van der Waals surface area (Å²) in [5.74, 6) is 0.465.